The molecule has 1 aromatic heterocycles. The van der Waals surface area contributed by atoms with Crippen molar-refractivity contribution < 1.29 is 4.74 Å². The van der Waals surface area contributed by atoms with Crippen LogP contribution in [0.5, 0.6) is 11.6 Å². The molecule has 1 saturated carbocycles. The van der Waals surface area contributed by atoms with Gasteiger partial charge in [-0.05, 0) is 54.9 Å². The van der Waals surface area contributed by atoms with Gasteiger partial charge in [0.2, 0.25) is 11.8 Å². The number of rotatable bonds is 6. The van der Waals surface area contributed by atoms with Crippen molar-refractivity contribution in [1.82, 2.24) is 15.3 Å². The number of hydrogen-bond donors (Lipinski definition) is 2. The summed E-state index contributed by atoms with van der Waals surface area (Å²) in [7, 11) is 0. The van der Waals surface area contributed by atoms with Crippen molar-refractivity contribution in [2.24, 2.45) is 0 Å². The van der Waals surface area contributed by atoms with Crippen molar-refractivity contribution in [3.05, 3.63) is 76.4 Å². The van der Waals surface area contributed by atoms with Crippen molar-refractivity contribution >= 4 is 46.5 Å². The van der Waals surface area contributed by atoms with Gasteiger partial charge in [-0.3, -0.25) is 0 Å². The molecule has 2 aromatic carbocycles. The Hall–Kier alpha value is -2.41. The number of para-hydroxylation sites is 1. The molecular weight excluding hydrogens is 451 g/mol. The fourth-order valence-electron chi connectivity index (χ4n) is 3.95. The summed E-state index contributed by atoms with van der Waals surface area (Å²) >= 11 is 17.9. The predicted octanol–water partition coefficient (Wildman–Crippen LogP) is 6.37. The second kappa shape index (κ2) is 9.81. The van der Waals surface area contributed by atoms with Crippen molar-refractivity contribution in [3.63, 3.8) is 0 Å². The minimum atomic E-state index is 0.00735. The molecule has 1 heterocycles. The summed E-state index contributed by atoms with van der Waals surface area (Å²) in [5, 5.41) is 7.80. The molecule has 2 N–H and O–H groups in total. The second-order valence-electron chi connectivity index (χ2n) is 7.57. The van der Waals surface area contributed by atoms with E-state index in [-0.39, 0.29) is 16.5 Å². The molecule has 0 saturated heterocycles. The van der Waals surface area contributed by atoms with E-state index in [0.717, 1.165) is 17.9 Å². The molecule has 0 radical (unpaired) electrons. The number of nitrogens with zero attached hydrogens (tertiary/aromatic N) is 2. The molecule has 160 valence electrons. The van der Waals surface area contributed by atoms with Crippen LogP contribution in [0, 0.1) is 0 Å². The highest BCUT2D eigenvalue weighted by Gasteiger charge is 2.35. The zero-order valence-corrected chi connectivity index (χ0v) is 19.1. The number of ether oxygens (including phenoxy) is 1. The number of nitrogens with one attached hydrogen (secondary N) is 2. The van der Waals surface area contributed by atoms with Gasteiger partial charge in [-0.15, -0.1) is 0 Å². The summed E-state index contributed by atoms with van der Waals surface area (Å²) in [5.41, 5.74) is 1.25. The van der Waals surface area contributed by atoms with Crippen LogP contribution in [0.1, 0.15) is 31.2 Å². The van der Waals surface area contributed by atoms with Gasteiger partial charge in [0.15, 0.2) is 5.11 Å². The molecule has 0 unspecified atom stereocenters. The van der Waals surface area contributed by atoms with E-state index in [4.69, 9.17) is 40.2 Å². The highest BCUT2D eigenvalue weighted by molar-refractivity contribution is 7.80. The molecule has 0 spiro atoms. The maximum absolute atomic E-state index is 6.24. The van der Waals surface area contributed by atoms with E-state index in [1.165, 1.54) is 18.4 Å². The smallest absolute Gasteiger partial charge is 0.233 e. The van der Waals surface area contributed by atoms with Crippen LogP contribution >= 0.6 is 35.4 Å². The first kappa shape index (κ1) is 21.8. The summed E-state index contributed by atoms with van der Waals surface area (Å²) < 4.78 is 5.76. The molecule has 31 heavy (non-hydrogen) atoms. The lowest BCUT2D eigenvalue weighted by atomic mass is 9.79. The third-order valence-electron chi connectivity index (χ3n) is 5.45. The van der Waals surface area contributed by atoms with Gasteiger partial charge in [0.25, 0.3) is 0 Å². The average molecular weight is 473 g/mol. The topological polar surface area (TPSA) is 59.1 Å². The van der Waals surface area contributed by atoms with E-state index in [1.807, 2.05) is 42.5 Å². The summed E-state index contributed by atoms with van der Waals surface area (Å²) in [4.78, 5) is 8.56. The number of halogens is 2. The van der Waals surface area contributed by atoms with Gasteiger partial charge in [0.1, 0.15) is 10.9 Å². The highest BCUT2D eigenvalue weighted by Crippen LogP contribution is 2.41. The van der Waals surface area contributed by atoms with E-state index in [9.17, 15) is 0 Å². The minimum Gasteiger partial charge on any atom is -0.439 e. The Morgan fingerprint density at radius 3 is 2.52 bits per heavy atom. The molecule has 1 aliphatic rings. The maximum Gasteiger partial charge on any atom is 0.233 e. The summed E-state index contributed by atoms with van der Waals surface area (Å²) in [5.74, 6) is 1.27. The molecule has 1 fully saturated rings. The van der Waals surface area contributed by atoms with Crippen molar-refractivity contribution in [2.45, 2.75) is 31.1 Å². The first-order valence-corrected chi connectivity index (χ1v) is 11.3. The van der Waals surface area contributed by atoms with Gasteiger partial charge in [0.05, 0.1) is 0 Å². The average Bonchev–Trinajstić information content (AvgIpc) is 3.23. The quantitative estimate of drug-likeness (QED) is 0.320. The van der Waals surface area contributed by atoms with Gasteiger partial charge in [-0.1, -0.05) is 66.4 Å². The molecule has 8 heteroatoms. The van der Waals surface area contributed by atoms with Crippen LogP contribution in [0.4, 0.5) is 5.95 Å². The lowest BCUT2D eigenvalue weighted by Gasteiger charge is -2.30. The Labute approximate surface area is 197 Å². The van der Waals surface area contributed by atoms with Crippen LogP contribution in [0.15, 0.2) is 60.7 Å². The van der Waals surface area contributed by atoms with Gasteiger partial charge < -0.3 is 15.4 Å². The number of thiocarbonyl (C=S) groups is 1. The Morgan fingerprint density at radius 1 is 1.00 bits per heavy atom. The standard InChI is InChI=1S/C23H22Cl2N4OS/c24-17-8-6-7-16(13-17)23(11-4-5-12-23)15-26-22(31)29-21-27-19(25)14-20(28-21)30-18-9-2-1-3-10-18/h1-3,6-10,13-14H,4-5,11-12,15H2,(H2,26,27,28,29,31). The second-order valence-corrected chi connectivity index (χ2v) is 8.81. The Balaban J connectivity index is 1.42. The summed E-state index contributed by atoms with van der Waals surface area (Å²) in [6.07, 6.45) is 4.55. The molecule has 1 aliphatic carbocycles. The predicted molar refractivity (Wildman–Crippen MR) is 129 cm³/mol. The SMILES string of the molecule is S=C(NCC1(c2cccc(Cl)c2)CCCC1)Nc1nc(Cl)cc(Oc2ccccc2)n1. The van der Waals surface area contributed by atoms with Crippen LogP contribution in [0.3, 0.4) is 0 Å². The molecule has 4 rings (SSSR count). The third kappa shape index (κ3) is 5.64. The van der Waals surface area contributed by atoms with Gasteiger partial charge in [-0.25, -0.2) is 4.98 Å². The number of anilines is 1. The monoisotopic (exact) mass is 472 g/mol. The van der Waals surface area contributed by atoms with Gasteiger partial charge in [-0.2, -0.15) is 4.98 Å². The summed E-state index contributed by atoms with van der Waals surface area (Å²) in [6, 6.07) is 19.0. The van der Waals surface area contributed by atoms with Crippen LogP contribution in [0.25, 0.3) is 0 Å². The number of benzene rings is 2. The number of hydrogen-bond acceptors (Lipinski definition) is 4. The molecule has 0 atom stereocenters. The Morgan fingerprint density at radius 2 is 1.77 bits per heavy atom. The van der Waals surface area contributed by atoms with E-state index in [0.29, 0.717) is 23.3 Å². The third-order valence-corrected chi connectivity index (χ3v) is 6.12. The van der Waals surface area contributed by atoms with Crippen LogP contribution in [0.2, 0.25) is 10.2 Å². The molecule has 0 aliphatic heterocycles. The largest absolute Gasteiger partial charge is 0.439 e. The molecule has 3 aromatic rings. The van der Waals surface area contributed by atoms with Gasteiger partial charge in [0, 0.05) is 23.0 Å². The summed E-state index contributed by atoms with van der Waals surface area (Å²) in [6.45, 7) is 0.702. The lowest BCUT2D eigenvalue weighted by Crippen LogP contribution is -2.41. The highest BCUT2D eigenvalue weighted by atomic mass is 35.5. The Kier molecular flexibility index (Phi) is 6.90. The van der Waals surface area contributed by atoms with Crippen molar-refractivity contribution in [1.29, 1.82) is 0 Å². The van der Waals surface area contributed by atoms with Crippen molar-refractivity contribution in [3.8, 4) is 11.6 Å². The fourth-order valence-corrected chi connectivity index (χ4v) is 4.47. The first-order chi connectivity index (χ1) is 15.0. The fraction of sp³-hybridized carbons (Fsp3) is 0.261. The molecular formula is C23H22Cl2N4OS. The molecule has 5 nitrogen and oxygen atoms in total. The van der Waals surface area contributed by atoms with Gasteiger partial charge >= 0.3 is 0 Å². The zero-order valence-electron chi connectivity index (χ0n) is 16.8. The van der Waals surface area contributed by atoms with E-state index < -0.39 is 0 Å². The normalized spacial score (nSPS) is 14.8. The molecule has 0 bridgehead atoms. The van der Waals surface area contributed by atoms with Crippen LogP contribution < -0.4 is 15.4 Å². The molecule has 0 amide bonds. The van der Waals surface area contributed by atoms with E-state index in [2.05, 4.69) is 32.7 Å². The van der Waals surface area contributed by atoms with Crippen LogP contribution in [-0.2, 0) is 5.41 Å². The first-order valence-electron chi connectivity index (χ1n) is 10.1. The van der Waals surface area contributed by atoms with Crippen molar-refractivity contribution in [2.75, 3.05) is 11.9 Å². The minimum absolute atomic E-state index is 0.00735. The number of aromatic nitrogens is 2. The van der Waals surface area contributed by atoms with Crippen LogP contribution in [-0.4, -0.2) is 21.6 Å². The van der Waals surface area contributed by atoms with E-state index in [1.54, 1.807) is 6.07 Å². The Bertz CT molecular complexity index is 1060. The lowest BCUT2D eigenvalue weighted by molar-refractivity contribution is 0.435. The maximum atomic E-state index is 6.24. The van der Waals surface area contributed by atoms with E-state index >= 15 is 0 Å². The zero-order chi connectivity index (χ0) is 21.7.